The quantitative estimate of drug-likeness (QED) is 0.624. The third-order valence-corrected chi connectivity index (χ3v) is 4.09. The summed E-state index contributed by atoms with van der Waals surface area (Å²) in [7, 11) is 0. The smallest absolute Gasteiger partial charge is 0.269 e. The highest BCUT2D eigenvalue weighted by Gasteiger charge is 2.29. The van der Waals surface area contributed by atoms with E-state index in [9.17, 15) is 10.1 Å². The summed E-state index contributed by atoms with van der Waals surface area (Å²) in [5.41, 5.74) is 1.09. The zero-order valence-corrected chi connectivity index (χ0v) is 11.7. The molecule has 0 radical (unpaired) electrons. The van der Waals surface area contributed by atoms with Crippen LogP contribution in [0.1, 0.15) is 25.3 Å². The lowest BCUT2D eigenvalue weighted by Gasteiger charge is -2.34. The Bertz CT molecular complexity index is 511. The Morgan fingerprint density at radius 3 is 2.45 bits per heavy atom. The van der Waals surface area contributed by atoms with Gasteiger partial charge in [-0.25, -0.2) is 0 Å². The van der Waals surface area contributed by atoms with Crippen molar-refractivity contribution in [2.75, 3.05) is 19.6 Å². The first-order chi connectivity index (χ1) is 9.52. The van der Waals surface area contributed by atoms with E-state index in [1.54, 1.807) is 12.1 Å². The fraction of sp³-hybridized carbons (Fsp3) is 0.533. The monoisotopic (exact) mass is 273 g/mol. The van der Waals surface area contributed by atoms with E-state index in [4.69, 9.17) is 5.26 Å². The van der Waals surface area contributed by atoms with Gasteiger partial charge in [-0.2, -0.15) is 5.26 Å². The van der Waals surface area contributed by atoms with Gasteiger partial charge in [0.2, 0.25) is 0 Å². The molecule has 1 fully saturated rings. The molecular formula is C15H19N3O2. The number of nitro benzene ring substituents is 1. The summed E-state index contributed by atoms with van der Waals surface area (Å²) in [4.78, 5) is 12.6. The van der Waals surface area contributed by atoms with Gasteiger partial charge in [0.15, 0.2) is 0 Å². The minimum atomic E-state index is -0.378. The Morgan fingerprint density at radius 1 is 1.35 bits per heavy atom. The summed E-state index contributed by atoms with van der Waals surface area (Å²) in [5, 5.41) is 19.7. The molecule has 0 amide bonds. The number of nitro groups is 1. The van der Waals surface area contributed by atoms with Crippen molar-refractivity contribution in [3.63, 3.8) is 0 Å². The molecule has 2 rings (SSSR count). The Morgan fingerprint density at radius 2 is 1.95 bits per heavy atom. The minimum absolute atomic E-state index is 0.136. The molecule has 1 aliphatic rings. The number of non-ortho nitro benzene ring substituents is 1. The average Bonchev–Trinajstić information content (AvgIpc) is 2.47. The molecule has 1 aliphatic heterocycles. The zero-order valence-electron chi connectivity index (χ0n) is 11.7. The van der Waals surface area contributed by atoms with Gasteiger partial charge in [-0.05, 0) is 44.8 Å². The number of hydrogen-bond donors (Lipinski definition) is 0. The topological polar surface area (TPSA) is 70.2 Å². The number of piperidine rings is 1. The maximum atomic E-state index is 10.6. The van der Waals surface area contributed by atoms with E-state index in [0.717, 1.165) is 44.5 Å². The standard InChI is InChI=1S/C15H19N3O2/c1-15(12-16)7-10-17(11-8-15)9-6-13-2-4-14(5-3-13)18(19)20/h2-5H,6-11H2,1H3. The van der Waals surface area contributed by atoms with E-state index >= 15 is 0 Å². The van der Waals surface area contributed by atoms with Crippen molar-refractivity contribution in [1.29, 1.82) is 5.26 Å². The second-order valence-electron chi connectivity index (χ2n) is 5.69. The predicted octanol–water partition coefficient (Wildman–Crippen LogP) is 2.76. The average molecular weight is 273 g/mol. The fourth-order valence-electron chi connectivity index (χ4n) is 2.45. The lowest BCUT2D eigenvalue weighted by atomic mass is 9.82. The van der Waals surface area contributed by atoms with Crippen molar-refractivity contribution in [3.05, 3.63) is 39.9 Å². The van der Waals surface area contributed by atoms with Crippen molar-refractivity contribution in [3.8, 4) is 6.07 Å². The van der Waals surface area contributed by atoms with Crippen molar-refractivity contribution < 1.29 is 4.92 Å². The van der Waals surface area contributed by atoms with E-state index in [2.05, 4.69) is 11.0 Å². The summed E-state index contributed by atoms with van der Waals surface area (Å²) in [6.07, 6.45) is 2.73. The van der Waals surface area contributed by atoms with Crippen LogP contribution in [-0.2, 0) is 6.42 Å². The highest BCUT2D eigenvalue weighted by molar-refractivity contribution is 5.32. The number of likely N-dealkylation sites (tertiary alicyclic amines) is 1. The number of hydrogen-bond acceptors (Lipinski definition) is 4. The minimum Gasteiger partial charge on any atom is -0.303 e. The summed E-state index contributed by atoms with van der Waals surface area (Å²) in [5.74, 6) is 0. The van der Waals surface area contributed by atoms with Gasteiger partial charge in [-0.15, -0.1) is 0 Å². The van der Waals surface area contributed by atoms with Crippen LogP contribution in [0.3, 0.4) is 0 Å². The molecule has 20 heavy (non-hydrogen) atoms. The van der Waals surface area contributed by atoms with Crippen LogP contribution in [0.4, 0.5) is 5.69 Å². The normalized spacial score (nSPS) is 18.4. The molecule has 1 heterocycles. The predicted molar refractivity (Wildman–Crippen MR) is 76.2 cm³/mol. The Kier molecular flexibility index (Phi) is 4.35. The molecule has 0 N–H and O–H groups in total. The third-order valence-electron chi connectivity index (χ3n) is 4.09. The van der Waals surface area contributed by atoms with Crippen molar-refractivity contribution in [1.82, 2.24) is 4.90 Å². The Balaban J connectivity index is 1.82. The van der Waals surface area contributed by atoms with Gasteiger partial charge in [0.25, 0.3) is 5.69 Å². The maximum absolute atomic E-state index is 10.6. The van der Waals surface area contributed by atoms with Crippen LogP contribution in [-0.4, -0.2) is 29.5 Å². The summed E-state index contributed by atoms with van der Waals surface area (Å²) < 4.78 is 0. The summed E-state index contributed by atoms with van der Waals surface area (Å²) in [6.45, 7) is 4.88. The van der Waals surface area contributed by atoms with Gasteiger partial charge in [0.1, 0.15) is 0 Å². The molecule has 0 atom stereocenters. The van der Waals surface area contributed by atoms with Crippen LogP contribution in [0, 0.1) is 26.9 Å². The lowest BCUT2D eigenvalue weighted by molar-refractivity contribution is -0.384. The van der Waals surface area contributed by atoms with Crippen molar-refractivity contribution in [2.24, 2.45) is 5.41 Å². The van der Waals surface area contributed by atoms with Gasteiger partial charge < -0.3 is 4.90 Å². The molecule has 0 unspecified atom stereocenters. The van der Waals surface area contributed by atoms with E-state index in [1.807, 2.05) is 19.1 Å². The van der Waals surface area contributed by atoms with Gasteiger partial charge in [-0.1, -0.05) is 12.1 Å². The SMILES string of the molecule is CC1(C#N)CCN(CCc2ccc([N+](=O)[O-])cc2)CC1. The first-order valence-corrected chi connectivity index (χ1v) is 6.89. The van der Waals surface area contributed by atoms with Crippen molar-refractivity contribution in [2.45, 2.75) is 26.2 Å². The highest BCUT2D eigenvalue weighted by Crippen LogP contribution is 2.29. The molecule has 1 aromatic rings. The number of benzene rings is 1. The van der Waals surface area contributed by atoms with Crippen LogP contribution >= 0.6 is 0 Å². The molecule has 5 heteroatoms. The summed E-state index contributed by atoms with van der Waals surface area (Å²) >= 11 is 0. The molecule has 1 saturated heterocycles. The molecular weight excluding hydrogens is 254 g/mol. The van der Waals surface area contributed by atoms with E-state index in [1.165, 1.54) is 0 Å². The van der Waals surface area contributed by atoms with Crippen LogP contribution in [0.5, 0.6) is 0 Å². The summed E-state index contributed by atoms with van der Waals surface area (Å²) in [6, 6.07) is 9.15. The molecule has 5 nitrogen and oxygen atoms in total. The first kappa shape index (κ1) is 14.5. The lowest BCUT2D eigenvalue weighted by Crippen LogP contribution is -2.39. The van der Waals surface area contributed by atoms with E-state index in [-0.39, 0.29) is 16.0 Å². The van der Waals surface area contributed by atoms with Crippen LogP contribution < -0.4 is 0 Å². The highest BCUT2D eigenvalue weighted by atomic mass is 16.6. The molecule has 0 aromatic heterocycles. The second-order valence-corrected chi connectivity index (χ2v) is 5.69. The van der Waals surface area contributed by atoms with Gasteiger partial charge in [0.05, 0.1) is 16.4 Å². The second kappa shape index (κ2) is 6.02. The maximum Gasteiger partial charge on any atom is 0.269 e. The Hall–Kier alpha value is -1.93. The largest absolute Gasteiger partial charge is 0.303 e. The number of nitrogens with zero attached hydrogens (tertiary/aromatic N) is 3. The number of nitriles is 1. The molecule has 0 aliphatic carbocycles. The molecule has 106 valence electrons. The van der Waals surface area contributed by atoms with Gasteiger partial charge >= 0.3 is 0 Å². The van der Waals surface area contributed by atoms with E-state index in [0.29, 0.717) is 0 Å². The molecule has 0 bridgehead atoms. The van der Waals surface area contributed by atoms with Crippen molar-refractivity contribution >= 4 is 5.69 Å². The molecule has 0 saturated carbocycles. The molecule has 1 aromatic carbocycles. The third kappa shape index (κ3) is 3.55. The zero-order chi connectivity index (χ0) is 14.6. The first-order valence-electron chi connectivity index (χ1n) is 6.89. The Labute approximate surface area is 119 Å². The fourth-order valence-corrected chi connectivity index (χ4v) is 2.45. The molecule has 0 spiro atoms. The van der Waals surface area contributed by atoms with Gasteiger partial charge in [0, 0.05) is 18.7 Å². The van der Waals surface area contributed by atoms with Gasteiger partial charge in [-0.3, -0.25) is 10.1 Å². The van der Waals surface area contributed by atoms with Crippen LogP contribution in [0.25, 0.3) is 0 Å². The van der Waals surface area contributed by atoms with Crippen LogP contribution in [0.2, 0.25) is 0 Å². The van der Waals surface area contributed by atoms with E-state index < -0.39 is 0 Å². The van der Waals surface area contributed by atoms with Crippen LogP contribution in [0.15, 0.2) is 24.3 Å². The number of rotatable bonds is 4.